The van der Waals surface area contributed by atoms with Gasteiger partial charge in [0.15, 0.2) is 0 Å². The number of nitrogens with one attached hydrogen (secondary N) is 1. The maximum absolute atomic E-state index is 6.27. The Kier molecular flexibility index (Phi) is 6.26. The molecule has 0 spiro atoms. The van der Waals surface area contributed by atoms with Gasteiger partial charge in [0.25, 0.3) is 0 Å². The Morgan fingerprint density at radius 2 is 2.08 bits per heavy atom. The molecule has 0 fully saturated rings. The van der Waals surface area contributed by atoms with Crippen molar-refractivity contribution in [2.24, 2.45) is 0 Å². The number of aromatic nitrogens is 3. The summed E-state index contributed by atoms with van der Waals surface area (Å²) in [6.07, 6.45) is 5.71. The summed E-state index contributed by atoms with van der Waals surface area (Å²) in [4.78, 5) is 4.36. The van der Waals surface area contributed by atoms with E-state index in [1.807, 2.05) is 24.3 Å². The molecule has 0 bridgehead atoms. The van der Waals surface area contributed by atoms with Crippen molar-refractivity contribution in [1.29, 1.82) is 0 Å². The van der Waals surface area contributed by atoms with E-state index in [1.54, 1.807) is 6.20 Å². The highest BCUT2D eigenvalue weighted by atomic mass is 127. The maximum Gasteiger partial charge on any atom is 0.118 e. The lowest BCUT2D eigenvalue weighted by Crippen LogP contribution is -2.22. The number of ether oxygens (including phenoxy) is 1. The van der Waals surface area contributed by atoms with E-state index in [2.05, 4.69) is 81.7 Å². The first-order valence-corrected chi connectivity index (χ1v) is 13.6. The number of pyridine rings is 1. The molecule has 0 aliphatic rings. The zero-order chi connectivity index (χ0) is 18.6. The Morgan fingerprint density at radius 3 is 2.81 bits per heavy atom. The summed E-state index contributed by atoms with van der Waals surface area (Å²) in [5, 5.41) is 8.75. The summed E-state index contributed by atoms with van der Waals surface area (Å²) in [5.74, 6) is 0. The van der Waals surface area contributed by atoms with Crippen LogP contribution in [0.5, 0.6) is 0 Å². The molecule has 136 valence electrons. The number of hydrogen-bond donors (Lipinski definition) is 1. The van der Waals surface area contributed by atoms with Gasteiger partial charge in [0.1, 0.15) is 6.10 Å². The molecule has 0 saturated heterocycles. The minimum absolute atomic E-state index is 0.168. The molecule has 2 heterocycles. The Morgan fingerprint density at radius 1 is 1.23 bits per heavy atom. The van der Waals surface area contributed by atoms with Gasteiger partial charge >= 0.3 is 0 Å². The summed E-state index contributed by atoms with van der Waals surface area (Å²) in [7, 11) is -1.15. The van der Waals surface area contributed by atoms with Crippen LogP contribution in [0.15, 0.2) is 48.7 Å². The number of benzene rings is 1. The van der Waals surface area contributed by atoms with Gasteiger partial charge < -0.3 is 4.74 Å². The Bertz CT molecular complexity index is 887. The zero-order valence-electron chi connectivity index (χ0n) is 15.4. The van der Waals surface area contributed by atoms with E-state index in [0.29, 0.717) is 0 Å². The molecule has 0 amide bonds. The first-order chi connectivity index (χ1) is 12.4. The average Bonchev–Trinajstić information content (AvgIpc) is 3.00. The lowest BCUT2D eigenvalue weighted by Gasteiger charge is -2.19. The summed E-state index contributed by atoms with van der Waals surface area (Å²) >= 11 is 2.31. The predicted molar refractivity (Wildman–Crippen MR) is 119 cm³/mol. The number of halogens is 1. The fourth-order valence-electron chi connectivity index (χ4n) is 2.61. The third-order valence-corrected chi connectivity index (χ3v) is 6.49. The van der Waals surface area contributed by atoms with Gasteiger partial charge in [0.05, 0.1) is 16.9 Å². The zero-order valence-corrected chi connectivity index (χ0v) is 18.5. The third kappa shape index (κ3) is 5.25. The molecule has 0 aliphatic heterocycles. The van der Waals surface area contributed by atoms with Crippen LogP contribution in [0.1, 0.15) is 17.5 Å². The largest absolute Gasteiger partial charge is 0.368 e. The van der Waals surface area contributed by atoms with E-state index in [-0.39, 0.29) is 6.10 Å². The van der Waals surface area contributed by atoms with Gasteiger partial charge in [-0.15, -0.1) is 0 Å². The molecule has 3 rings (SSSR count). The molecule has 0 radical (unpaired) electrons. The van der Waals surface area contributed by atoms with Gasteiger partial charge in [-0.1, -0.05) is 25.7 Å². The first kappa shape index (κ1) is 19.3. The monoisotopic (exact) mass is 477 g/mol. The van der Waals surface area contributed by atoms with E-state index >= 15 is 0 Å². The molecular formula is C20H24IN3OSi. The van der Waals surface area contributed by atoms with Crippen molar-refractivity contribution in [3.05, 3.63) is 63.6 Å². The first-order valence-electron chi connectivity index (χ1n) is 8.77. The standard InChI is InChI=1S/C20H24IN3OSi/c1-26(2,3)13-12-25-19(10-8-16-6-4-5-11-22-16)20-17-9-7-15(21)14-18(17)23-24-20/h4-11,14,19H,12-13H2,1-3H3,(H,23,24). The highest BCUT2D eigenvalue weighted by Crippen LogP contribution is 2.28. The van der Waals surface area contributed by atoms with Crippen molar-refractivity contribution < 1.29 is 4.74 Å². The lowest BCUT2D eigenvalue weighted by molar-refractivity contribution is 0.0946. The van der Waals surface area contributed by atoms with E-state index in [0.717, 1.165) is 34.9 Å². The van der Waals surface area contributed by atoms with E-state index in [4.69, 9.17) is 4.74 Å². The summed E-state index contributed by atoms with van der Waals surface area (Å²) in [5.41, 5.74) is 2.89. The third-order valence-electron chi connectivity index (χ3n) is 4.11. The molecule has 1 aromatic carbocycles. The van der Waals surface area contributed by atoms with Gasteiger partial charge in [0, 0.05) is 29.8 Å². The Hall–Kier alpha value is -1.51. The second kappa shape index (κ2) is 8.45. The number of nitrogens with zero attached hydrogens (tertiary/aromatic N) is 2. The van der Waals surface area contributed by atoms with Crippen LogP contribution in [0.2, 0.25) is 25.7 Å². The fourth-order valence-corrected chi connectivity index (χ4v) is 3.82. The predicted octanol–water partition coefficient (Wildman–Crippen LogP) is 5.67. The van der Waals surface area contributed by atoms with Crippen LogP contribution in [0, 0.1) is 3.57 Å². The minimum Gasteiger partial charge on any atom is -0.368 e. The van der Waals surface area contributed by atoms with Crippen molar-refractivity contribution >= 4 is 47.6 Å². The van der Waals surface area contributed by atoms with Crippen LogP contribution in [0.25, 0.3) is 17.0 Å². The van der Waals surface area contributed by atoms with Crippen molar-refractivity contribution in [2.45, 2.75) is 31.8 Å². The minimum atomic E-state index is -1.15. The summed E-state index contributed by atoms with van der Waals surface area (Å²) in [6.45, 7) is 7.84. The molecule has 1 N–H and O–H groups in total. The van der Waals surface area contributed by atoms with Crippen LogP contribution in [0.4, 0.5) is 0 Å². The number of hydrogen-bond acceptors (Lipinski definition) is 3. The van der Waals surface area contributed by atoms with Gasteiger partial charge in [0.2, 0.25) is 0 Å². The van der Waals surface area contributed by atoms with Crippen LogP contribution in [-0.2, 0) is 4.74 Å². The maximum atomic E-state index is 6.27. The number of H-pyrrole nitrogens is 1. The van der Waals surface area contributed by atoms with Gasteiger partial charge in [-0.3, -0.25) is 10.1 Å². The van der Waals surface area contributed by atoms with Gasteiger partial charge in [-0.2, -0.15) is 5.10 Å². The smallest absolute Gasteiger partial charge is 0.118 e. The second-order valence-corrected chi connectivity index (χ2v) is 14.4. The van der Waals surface area contributed by atoms with E-state index in [1.165, 1.54) is 3.57 Å². The van der Waals surface area contributed by atoms with Crippen LogP contribution in [-0.4, -0.2) is 29.9 Å². The highest BCUT2D eigenvalue weighted by Gasteiger charge is 2.18. The Balaban J connectivity index is 1.87. The molecule has 4 nitrogen and oxygen atoms in total. The fraction of sp³-hybridized carbons (Fsp3) is 0.300. The molecule has 2 aromatic heterocycles. The molecule has 0 aliphatic carbocycles. The molecule has 0 saturated carbocycles. The van der Waals surface area contributed by atoms with E-state index in [9.17, 15) is 0 Å². The summed E-state index contributed by atoms with van der Waals surface area (Å²) < 4.78 is 7.44. The van der Waals surface area contributed by atoms with Gasteiger partial charge in [-0.25, -0.2) is 0 Å². The van der Waals surface area contributed by atoms with Crippen molar-refractivity contribution in [3.8, 4) is 0 Å². The number of rotatable bonds is 7. The summed E-state index contributed by atoms with van der Waals surface area (Å²) in [6, 6.07) is 13.3. The molecule has 6 heteroatoms. The van der Waals surface area contributed by atoms with E-state index < -0.39 is 8.07 Å². The van der Waals surface area contributed by atoms with Crippen molar-refractivity contribution in [2.75, 3.05) is 6.61 Å². The van der Waals surface area contributed by atoms with Crippen LogP contribution in [0.3, 0.4) is 0 Å². The quantitative estimate of drug-likeness (QED) is 0.352. The SMILES string of the molecule is C[Si](C)(C)CCOC(C=Cc1ccccn1)c1[nH]nc2cc(I)ccc12. The average molecular weight is 477 g/mol. The molecule has 1 unspecified atom stereocenters. The molecule has 1 atom stereocenters. The molecular weight excluding hydrogens is 453 g/mol. The number of aromatic amines is 1. The topological polar surface area (TPSA) is 50.8 Å². The Labute approximate surface area is 169 Å². The second-order valence-electron chi connectivity index (χ2n) is 7.51. The van der Waals surface area contributed by atoms with Crippen LogP contribution < -0.4 is 0 Å². The lowest BCUT2D eigenvalue weighted by atomic mass is 10.1. The normalized spacial score (nSPS) is 13.5. The molecule has 3 aromatic rings. The van der Waals surface area contributed by atoms with Crippen molar-refractivity contribution in [3.63, 3.8) is 0 Å². The van der Waals surface area contributed by atoms with Crippen molar-refractivity contribution in [1.82, 2.24) is 15.2 Å². The highest BCUT2D eigenvalue weighted by molar-refractivity contribution is 14.1. The molecule has 26 heavy (non-hydrogen) atoms. The number of fused-ring (bicyclic) bond motifs is 1. The van der Waals surface area contributed by atoms with Gasteiger partial charge in [-0.05, 0) is 71.1 Å². The van der Waals surface area contributed by atoms with Crippen LogP contribution >= 0.6 is 22.6 Å².